The van der Waals surface area contributed by atoms with E-state index in [1.165, 1.54) is 41.5 Å². The van der Waals surface area contributed by atoms with Gasteiger partial charge < -0.3 is 0 Å². The molecule has 0 nitrogen and oxygen atoms in total. The normalized spacial score (nSPS) is 9.86. The number of rotatable bonds is 2. The van der Waals surface area contributed by atoms with Crippen LogP contribution in [0.3, 0.4) is 0 Å². The van der Waals surface area contributed by atoms with Crippen LogP contribution in [-0.2, 0) is 0 Å². The first-order valence-electron chi connectivity index (χ1n) is 9.76. The largest absolute Gasteiger partial charge is 0.393 e. The van der Waals surface area contributed by atoms with E-state index >= 15 is 0 Å². The summed E-state index contributed by atoms with van der Waals surface area (Å²) in [6.07, 6.45) is -7.84. The van der Waals surface area contributed by atoms with Gasteiger partial charge in [0, 0.05) is 75.5 Å². The Hall–Kier alpha value is 2.10. The van der Waals surface area contributed by atoms with Crippen molar-refractivity contribution in [2.75, 3.05) is 0 Å². The van der Waals surface area contributed by atoms with Crippen molar-refractivity contribution < 1.29 is 102 Å². The molecule has 0 aromatic heterocycles. The van der Waals surface area contributed by atoms with E-state index in [1.807, 2.05) is 55.4 Å². The summed E-state index contributed by atoms with van der Waals surface area (Å²) < 4.78 is 71.0. The van der Waals surface area contributed by atoms with Crippen molar-refractivity contribution in [1.29, 1.82) is 0 Å². The van der Waals surface area contributed by atoms with Crippen LogP contribution in [-0.4, -0.2) is 12.4 Å². The Morgan fingerprint density at radius 1 is 0.429 bits per heavy atom. The van der Waals surface area contributed by atoms with Gasteiger partial charge in [-0.05, 0) is 12.8 Å². The van der Waals surface area contributed by atoms with Crippen LogP contribution < -0.4 is 0 Å². The summed E-state index contributed by atoms with van der Waals surface area (Å²) in [6, 6.07) is 0. The molecule has 0 amide bonds. The predicted octanol–water partition coefficient (Wildman–Crippen LogP) is 10.1. The predicted molar refractivity (Wildman–Crippen MR) is 106 cm³/mol. The second-order valence-corrected chi connectivity index (χ2v) is 5.47. The van der Waals surface area contributed by atoms with Gasteiger partial charge in [-0.2, -0.15) is 26.3 Å². The summed E-state index contributed by atoms with van der Waals surface area (Å²) >= 11 is 0. The maximum absolute atomic E-state index is 11.8. The molecule has 0 saturated heterocycles. The SMILES string of the molecule is CC.CC.CC.CC.CCC(C)(C)C(F)(F)F.CCC(C)(C)C(F)(F)F.[Ar].[Ar]. The molecule has 28 heavy (non-hydrogen) atoms. The molecule has 0 aliphatic carbocycles. The van der Waals surface area contributed by atoms with Gasteiger partial charge in [0.2, 0.25) is 0 Å². The van der Waals surface area contributed by atoms with Gasteiger partial charge in [0.05, 0.1) is 10.8 Å². The maximum atomic E-state index is 11.8. The summed E-state index contributed by atoms with van der Waals surface area (Å²) in [7, 11) is 0. The van der Waals surface area contributed by atoms with E-state index in [2.05, 4.69) is 0 Å². The van der Waals surface area contributed by atoms with Gasteiger partial charge in [0.15, 0.2) is 0 Å². The molecular weight excluding hydrogens is 434 g/mol. The average molecular weight is 480 g/mol. The van der Waals surface area contributed by atoms with E-state index in [1.54, 1.807) is 0 Å². The van der Waals surface area contributed by atoms with E-state index in [4.69, 9.17) is 0 Å². The second-order valence-electron chi connectivity index (χ2n) is 5.47. The Kier molecular flexibility index (Phi) is 54.2. The quantitative estimate of drug-likeness (QED) is 0.345. The first-order chi connectivity index (χ1) is 11.6. The zero-order valence-electron chi connectivity index (χ0n) is 20.4. The molecule has 0 fully saturated rings. The van der Waals surface area contributed by atoms with Crippen LogP contribution >= 0.6 is 0 Å². The molecule has 0 radical (unpaired) electrons. The molecule has 0 aliphatic heterocycles. The smallest absolute Gasteiger partial charge is 0.171 e. The first kappa shape index (κ1) is 52.2. The van der Waals surface area contributed by atoms with Crippen molar-refractivity contribution in [3.63, 3.8) is 0 Å². The molecule has 0 N–H and O–H groups in total. The minimum absolute atomic E-state index is 0. The van der Waals surface area contributed by atoms with E-state index in [0.717, 1.165) is 0 Å². The molecule has 8 heteroatoms. The molecule has 184 valence electrons. The van der Waals surface area contributed by atoms with Crippen LogP contribution in [0.25, 0.3) is 0 Å². The van der Waals surface area contributed by atoms with Crippen LogP contribution in [0.2, 0.25) is 0 Å². The van der Waals surface area contributed by atoms with Crippen molar-refractivity contribution in [1.82, 2.24) is 0 Å². The molecule has 0 aromatic rings. The maximum Gasteiger partial charge on any atom is 0.393 e. The van der Waals surface area contributed by atoms with Gasteiger partial charge in [-0.15, -0.1) is 0 Å². The van der Waals surface area contributed by atoms with Gasteiger partial charge in [0.25, 0.3) is 0 Å². The average Bonchev–Trinajstić information content (AvgIpc) is 2.60. The number of alkyl halides is 6. The van der Waals surface area contributed by atoms with Crippen molar-refractivity contribution in [2.45, 2.75) is 122 Å². The van der Waals surface area contributed by atoms with Crippen molar-refractivity contribution in [3.8, 4) is 0 Å². The van der Waals surface area contributed by atoms with Gasteiger partial charge in [-0.25, -0.2) is 0 Å². The monoisotopic (exact) mass is 480 g/mol. The Balaban J connectivity index is -0.0000000332. The molecule has 0 spiro atoms. The Morgan fingerprint density at radius 3 is 0.536 bits per heavy atom. The molecule has 0 aromatic carbocycles. The van der Waals surface area contributed by atoms with Crippen molar-refractivity contribution in [2.24, 2.45) is 10.8 Å². The summed E-state index contributed by atoms with van der Waals surface area (Å²) in [5, 5.41) is 0. The minimum atomic E-state index is -4.05. The molecule has 0 saturated carbocycles. The zero-order valence-corrected chi connectivity index (χ0v) is 21.8. The van der Waals surface area contributed by atoms with E-state index < -0.39 is 23.2 Å². The fourth-order valence-electron chi connectivity index (χ4n) is 0.401. The molecule has 0 rings (SSSR count). The van der Waals surface area contributed by atoms with Gasteiger partial charge in [0.1, 0.15) is 0 Å². The first-order valence-corrected chi connectivity index (χ1v) is 9.76. The molecular formula is C20H46Ar2F6. The molecule has 0 unspecified atom stereocenters. The summed E-state index contributed by atoms with van der Waals surface area (Å²) in [5.41, 5.74) is -3.04. The van der Waals surface area contributed by atoms with E-state index in [0.29, 0.717) is 0 Å². The third-order valence-corrected chi connectivity index (χ3v) is 3.30. The molecule has 0 atom stereocenters. The fourth-order valence-corrected chi connectivity index (χ4v) is 0.401. The fraction of sp³-hybridized carbons (Fsp3) is 1.00. The van der Waals surface area contributed by atoms with E-state index in [-0.39, 0.29) is 88.3 Å². The van der Waals surface area contributed by atoms with Gasteiger partial charge in [-0.3, -0.25) is 0 Å². The minimum Gasteiger partial charge on any atom is -0.171 e. The topological polar surface area (TPSA) is 0 Å². The summed E-state index contributed by atoms with van der Waals surface area (Å²) in [6.45, 7) is 23.9. The Labute approximate surface area is 232 Å². The Bertz CT molecular complexity index is 222. The third-order valence-electron chi connectivity index (χ3n) is 3.30. The molecule has 0 bridgehead atoms. The van der Waals surface area contributed by atoms with E-state index in [9.17, 15) is 26.3 Å². The summed E-state index contributed by atoms with van der Waals surface area (Å²) in [5.74, 6) is 0. The van der Waals surface area contributed by atoms with Crippen LogP contribution in [0.5, 0.6) is 0 Å². The van der Waals surface area contributed by atoms with Crippen molar-refractivity contribution in [3.05, 3.63) is 0 Å². The number of hydrogen-bond donors (Lipinski definition) is 0. The molecule has 0 heterocycles. The van der Waals surface area contributed by atoms with Crippen LogP contribution in [0.1, 0.15) is 110 Å². The third kappa shape index (κ3) is 30.3. The van der Waals surface area contributed by atoms with Crippen LogP contribution in [0.15, 0.2) is 0 Å². The van der Waals surface area contributed by atoms with Crippen molar-refractivity contribution >= 4 is 0 Å². The zero-order chi connectivity index (χ0) is 23.4. The van der Waals surface area contributed by atoms with Gasteiger partial charge >= 0.3 is 12.4 Å². The number of hydrogen-bond acceptors (Lipinski definition) is 0. The molecule has 0 aliphatic rings. The van der Waals surface area contributed by atoms with Crippen LogP contribution in [0, 0.1) is 86.3 Å². The second kappa shape index (κ2) is 29.1. The Morgan fingerprint density at radius 2 is 0.536 bits per heavy atom. The van der Waals surface area contributed by atoms with Gasteiger partial charge in [-0.1, -0.05) is 96.9 Å². The summed E-state index contributed by atoms with van der Waals surface area (Å²) in [4.78, 5) is 0. The number of halogens is 6. The van der Waals surface area contributed by atoms with Crippen LogP contribution in [0.4, 0.5) is 26.3 Å². The standard InChI is InChI=1S/2C6H11F3.4C2H6.2Ar/c2*1-4-5(2,3)6(7,8)9;4*1-2;;/h2*4H2,1-3H3;4*1-2H3;;.